The van der Waals surface area contributed by atoms with Crippen LogP contribution in [0.5, 0.6) is 0 Å². The Hall–Kier alpha value is -0.930. The van der Waals surface area contributed by atoms with Gasteiger partial charge in [0.1, 0.15) is 5.82 Å². The fourth-order valence-corrected chi connectivity index (χ4v) is 2.67. The summed E-state index contributed by atoms with van der Waals surface area (Å²) in [7, 11) is 0. The van der Waals surface area contributed by atoms with Crippen molar-refractivity contribution in [1.29, 1.82) is 0 Å². The van der Waals surface area contributed by atoms with Crippen molar-refractivity contribution in [2.24, 2.45) is 10.7 Å². The number of hydrogen-bond acceptors (Lipinski definition) is 3. The molecule has 5 nitrogen and oxygen atoms in total. The SMILES string of the molecule is CCCCNC(N)=NCC(c1cccc(F)c1)N1CCOCC1.I. The Balaban J connectivity index is 0.00000288. The zero-order valence-electron chi connectivity index (χ0n) is 14.2. The molecule has 0 radical (unpaired) electrons. The van der Waals surface area contributed by atoms with Gasteiger partial charge in [-0.05, 0) is 24.1 Å². The number of halogens is 2. The molecule has 1 heterocycles. The molecule has 1 aliphatic heterocycles. The Morgan fingerprint density at radius 1 is 1.42 bits per heavy atom. The minimum atomic E-state index is -0.223. The van der Waals surface area contributed by atoms with Crippen molar-refractivity contribution in [1.82, 2.24) is 10.2 Å². The molecule has 1 aromatic carbocycles. The number of ether oxygens (including phenoxy) is 1. The Bertz CT molecular complexity index is 509. The van der Waals surface area contributed by atoms with Crippen LogP contribution in [0.15, 0.2) is 29.3 Å². The Labute approximate surface area is 160 Å². The minimum Gasteiger partial charge on any atom is -0.379 e. The molecule has 1 aromatic rings. The van der Waals surface area contributed by atoms with E-state index in [0.717, 1.165) is 38.0 Å². The van der Waals surface area contributed by atoms with Gasteiger partial charge in [-0.1, -0.05) is 25.5 Å². The third-order valence-corrected chi connectivity index (χ3v) is 3.99. The van der Waals surface area contributed by atoms with Crippen molar-refractivity contribution in [3.8, 4) is 0 Å². The highest BCUT2D eigenvalue weighted by atomic mass is 127. The first-order valence-corrected chi connectivity index (χ1v) is 8.31. The lowest BCUT2D eigenvalue weighted by atomic mass is 10.0. The number of benzene rings is 1. The van der Waals surface area contributed by atoms with Crippen LogP contribution < -0.4 is 11.1 Å². The minimum absolute atomic E-state index is 0. The number of nitrogens with zero attached hydrogens (tertiary/aromatic N) is 2. The van der Waals surface area contributed by atoms with E-state index in [1.165, 1.54) is 6.07 Å². The van der Waals surface area contributed by atoms with Crippen LogP contribution in [-0.2, 0) is 4.74 Å². The summed E-state index contributed by atoms with van der Waals surface area (Å²) in [6.07, 6.45) is 2.17. The average molecular weight is 450 g/mol. The van der Waals surface area contributed by atoms with Gasteiger partial charge in [-0.2, -0.15) is 0 Å². The summed E-state index contributed by atoms with van der Waals surface area (Å²) in [5, 5.41) is 3.12. The molecule has 1 unspecified atom stereocenters. The zero-order valence-corrected chi connectivity index (χ0v) is 16.5. The first-order chi connectivity index (χ1) is 11.2. The summed E-state index contributed by atoms with van der Waals surface area (Å²) < 4.78 is 19.0. The Morgan fingerprint density at radius 3 is 2.83 bits per heavy atom. The summed E-state index contributed by atoms with van der Waals surface area (Å²) >= 11 is 0. The fraction of sp³-hybridized carbons (Fsp3) is 0.588. The molecular formula is C17H28FIN4O. The van der Waals surface area contributed by atoms with E-state index < -0.39 is 0 Å². The van der Waals surface area contributed by atoms with Gasteiger partial charge in [0.15, 0.2) is 5.96 Å². The van der Waals surface area contributed by atoms with Crippen LogP contribution >= 0.6 is 24.0 Å². The molecule has 1 aliphatic rings. The van der Waals surface area contributed by atoms with E-state index in [9.17, 15) is 4.39 Å². The lowest BCUT2D eigenvalue weighted by molar-refractivity contribution is 0.0179. The lowest BCUT2D eigenvalue weighted by Crippen LogP contribution is -2.41. The monoisotopic (exact) mass is 450 g/mol. The summed E-state index contributed by atoms with van der Waals surface area (Å²) in [5.41, 5.74) is 6.85. The zero-order chi connectivity index (χ0) is 16.5. The van der Waals surface area contributed by atoms with Gasteiger partial charge in [0.25, 0.3) is 0 Å². The average Bonchev–Trinajstić information content (AvgIpc) is 2.56. The predicted molar refractivity (Wildman–Crippen MR) is 106 cm³/mol. The van der Waals surface area contributed by atoms with Crippen LogP contribution in [0.3, 0.4) is 0 Å². The first-order valence-electron chi connectivity index (χ1n) is 8.31. The predicted octanol–water partition coefficient (Wildman–Crippen LogP) is 2.52. The van der Waals surface area contributed by atoms with Crippen molar-refractivity contribution in [2.45, 2.75) is 25.8 Å². The van der Waals surface area contributed by atoms with E-state index in [4.69, 9.17) is 10.5 Å². The molecule has 0 bridgehead atoms. The summed E-state index contributed by atoms with van der Waals surface area (Å²) in [4.78, 5) is 6.73. The second-order valence-electron chi connectivity index (χ2n) is 5.73. The van der Waals surface area contributed by atoms with E-state index in [1.54, 1.807) is 12.1 Å². The summed E-state index contributed by atoms with van der Waals surface area (Å²) in [6.45, 7) is 6.50. The highest BCUT2D eigenvalue weighted by Gasteiger charge is 2.22. The van der Waals surface area contributed by atoms with Crippen LogP contribution in [-0.4, -0.2) is 50.3 Å². The molecule has 1 saturated heterocycles. The summed E-state index contributed by atoms with van der Waals surface area (Å²) in [5.74, 6) is 0.229. The van der Waals surface area contributed by atoms with Crippen molar-refractivity contribution < 1.29 is 9.13 Å². The van der Waals surface area contributed by atoms with E-state index in [-0.39, 0.29) is 35.8 Å². The van der Waals surface area contributed by atoms with E-state index in [1.807, 2.05) is 6.07 Å². The van der Waals surface area contributed by atoms with Crippen LogP contribution in [0.25, 0.3) is 0 Å². The molecule has 24 heavy (non-hydrogen) atoms. The van der Waals surface area contributed by atoms with Gasteiger partial charge >= 0.3 is 0 Å². The second kappa shape index (κ2) is 11.6. The molecule has 0 amide bonds. The quantitative estimate of drug-likeness (QED) is 0.290. The van der Waals surface area contributed by atoms with Crippen molar-refractivity contribution in [3.05, 3.63) is 35.6 Å². The fourth-order valence-electron chi connectivity index (χ4n) is 2.67. The Kier molecular flexibility index (Phi) is 10.2. The number of hydrogen-bond donors (Lipinski definition) is 2. The standard InChI is InChI=1S/C17H27FN4O.HI/c1-2-3-7-20-17(19)21-13-16(22-8-10-23-11-9-22)14-5-4-6-15(18)12-14;/h4-6,12,16H,2-3,7-11,13H2,1H3,(H3,19,20,21);1H. The number of aliphatic imine (C=N–C) groups is 1. The van der Waals surface area contributed by atoms with E-state index >= 15 is 0 Å². The number of nitrogens with one attached hydrogen (secondary N) is 1. The molecule has 3 N–H and O–H groups in total. The van der Waals surface area contributed by atoms with Crippen LogP contribution in [0, 0.1) is 5.82 Å². The van der Waals surface area contributed by atoms with Gasteiger partial charge in [-0.25, -0.2) is 4.39 Å². The third-order valence-electron chi connectivity index (χ3n) is 3.99. The molecule has 136 valence electrons. The van der Waals surface area contributed by atoms with Crippen LogP contribution in [0.2, 0.25) is 0 Å². The normalized spacial score (nSPS) is 17.2. The molecule has 1 atom stereocenters. The highest BCUT2D eigenvalue weighted by Crippen LogP contribution is 2.23. The molecule has 0 aliphatic carbocycles. The van der Waals surface area contributed by atoms with E-state index in [0.29, 0.717) is 25.7 Å². The van der Waals surface area contributed by atoms with Crippen LogP contribution in [0.4, 0.5) is 4.39 Å². The van der Waals surface area contributed by atoms with Crippen LogP contribution in [0.1, 0.15) is 31.4 Å². The third kappa shape index (κ3) is 6.90. The van der Waals surface area contributed by atoms with Gasteiger partial charge in [0.05, 0.1) is 25.8 Å². The molecule has 0 aromatic heterocycles. The van der Waals surface area contributed by atoms with Gasteiger partial charge in [0, 0.05) is 19.6 Å². The van der Waals surface area contributed by atoms with Crippen molar-refractivity contribution in [2.75, 3.05) is 39.4 Å². The number of unbranched alkanes of at least 4 members (excludes halogenated alkanes) is 1. The van der Waals surface area contributed by atoms with E-state index in [2.05, 4.69) is 22.1 Å². The number of rotatable bonds is 7. The molecule has 0 saturated carbocycles. The summed E-state index contributed by atoms with van der Waals surface area (Å²) in [6, 6.07) is 6.74. The molecular weight excluding hydrogens is 422 g/mol. The molecule has 2 rings (SSSR count). The lowest BCUT2D eigenvalue weighted by Gasteiger charge is -2.34. The number of morpholine rings is 1. The molecule has 0 spiro atoms. The molecule has 7 heteroatoms. The van der Waals surface area contributed by atoms with Gasteiger partial charge < -0.3 is 15.8 Å². The van der Waals surface area contributed by atoms with Gasteiger partial charge in [-0.3, -0.25) is 9.89 Å². The maximum atomic E-state index is 13.6. The van der Waals surface area contributed by atoms with Crippen molar-refractivity contribution >= 4 is 29.9 Å². The van der Waals surface area contributed by atoms with Crippen molar-refractivity contribution in [3.63, 3.8) is 0 Å². The number of nitrogens with two attached hydrogens (primary N) is 1. The topological polar surface area (TPSA) is 62.9 Å². The smallest absolute Gasteiger partial charge is 0.188 e. The van der Waals surface area contributed by atoms with Gasteiger partial charge in [-0.15, -0.1) is 24.0 Å². The number of guanidine groups is 1. The molecule has 1 fully saturated rings. The maximum Gasteiger partial charge on any atom is 0.188 e. The largest absolute Gasteiger partial charge is 0.379 e. The second-order valence-corrected chi connectivity index (χ2v) is 5.73. The van der Waals surface area contributed by atoms with Gasteiger partial charge in [0.2, 0.25) is 0 Å². The first kappa shape index (κ1) is 21.1. The maximum absolute atomic E-state index is 13.6. The highest BCUT2D eigenvalue weighted by molar-refractivity contribution is 14.0. The Morgan fingerprint density at radius 2 is 2.17 bits per heavy atom.